The van der Waals surface area contributed by atoms with Crippen molar-refractivity contribution < 1.29 is 9.53 Å². The van der Waals surface area contributed by atoms with Crippen LogP contribution in [0.3, 0.4) is 0 Å². The van der Waals surface area contributed by atoms with Crippen LogP contribution in [0.15, 0.2) is 23.0 Å². The Morgan fingerprint density at radius 3 is 2.90 bits per heavy atom. The van der Waals surface area contributed by atoms with Gasteiger partial charge in [-0.25, -0.2) is 0 Å². The van der Waals surface area contributed by atoms with Crippen LogP contribution in [0, 0.1) is 6.92 Å². The van der Waals surface area contributed by atoms with Gasteiger partial charge in [0.05, 0.1) is 10.9 Å². The molecule has 2 aromatic rings. The number of carbonyl (C=O) groups excluding carboxylic acids is 1. The fourth-order valence-corrected chi connectivity index (χ4v) is 2.14. The molecule has 6 heteroatoms. The highest BCUT2D eigenvalue weighted by atomic mass is 16.5. The standard InChI is InChI=1S/C15H19N3O3/c1-10-5-6-12-11(9-10)14(19)13(17-18(12)2)15(20)16-7-4-8-21-3/h5-6,9H,4,7-8H2,1-3H3,(H,16,20). The van der Waals surface area contributed by atoms with Crippen LogP contribution in [0.25, 0.3) is 10.9 Å². The van der Waals surface area contributed by atoms with Crippen LogP contribution in [-0.2, 0) is 11.8 Å². The van der Waals surface area contributed by atoms with Crippen molar-refractivity contribution in [3.8, 4) is 0 Å². The molecule has 1 aromatic carbocycles. The number of aryl methyl sites for hydroxylation is 2. The number of rotatable bonds is 5. The third-order valence-electron chi connectivity index (χ3n) is 3.24. The molecule has 0 saturated heterocycles. The Labute approximate surface area is 122 Å². The third kappa shape index (κ3) is 3.28. The summed E-state index contributed by atoms with van der Waals surface area (Å²) >= 11 is 0. The number of nitrogens with zero attached hydrogens (tertiary/aromatic N) is 2. The Kier molecular flexibility index (Phi) is 4.70. The van der Waals surface area contributed by atoms with E-state index in [0.717, 1.165) is 5.56 Å². The van der Waals surface area contributed by atoms with E-state index in [0.29, 0.717) is 30.5 Å². The first-order valence-corrected chi connectivity index (χ1v) is 6.79. The summed E-state index contributed by atoms with van der Waals surface area (Å²) in [6.07, 6.45) is 0.690. The molecule has 0 bridgehead atoms. The molecule has 21 heavy (non-hydrogen) atoms. The van der Waals surface area contributed by atoms with E-state index in [1.54, 1.807) is 24.9 Å². The van der Waals surface area contributed by atoms with E-state index in [1.807, 2.05) is 19.1 Å². The van der Waals surface area contributed by atoms with E-state index in [4.69, 9.17) is 4.74 Å². The molecule has 1 heterocycles. The highest BCUT2D eigenvalue weighted by Gasteiger charge is 2.16. The minimum atomic E-state index is -0.449. The van der Waals surface area contributed by atoms with Gasteiger partial charge in [-0.3, -0.25) is 14.3 Å². The second-order valence-electron chi connectivity index (χ2n) is 4.92. The summed E-state index contributed by atoms with van der Waals surface area (Å²) in [5.74, 6) is -0.449. The number of ether oxygens (including phenoxy) is 1. The van der Waals surface area contributed by atoms with Gasteiger partial charge in [0.15, 0.2) is 5.69 Å². The number of benzene rings is 1. The maximum atomic E-state index is 12.4. The zero-order valence-corrected chi connectivity index (χ0v) is 12.5. The highest BCUT2D eigenvalue weighted by Crippen LogP contribution is 2.11. The van der Waals surface area contributed by atoms with Crippen molar-refractivity contribution in [2.45, 2.75) is 13.3 Å². The minimum absolute atomic E-state index is 0.0759. The summed E-state index contributed by atoms with van der Waals surface area (Å²) in [4.78, 5) is 24.5. The number of amides is 1. The number of aromatic nitrogens is 2. The zero-order chi connectivity index (χ0) is 15.4. The van der Waals surface area contributed by atoms with Crippen LogP contribution in [0.4, 0.5) is 0 Å². The molecule has 1 N–H and O–H groups in total. The fraction of sp³-hybridized carbons (Fsp3) is 0.400. The van der Waals surface area contributed by atoms with Gasteiger partial charge in [0.25, 0.3) is 5.91 Å². The molecule has 0 aliphatic carbocycles. The normalized spacial score (nSPS) is 10.8. The van der Waals surface area contributed by atoms with Crippen LogP contribution in [-0.4, -0.2) is 35.9 Å². The van der Waals surface area contributed by atoms with Crippen molar-refractivity contribution in [2.24, 2.45) is 7.05 Å². The summed E-state index contributed by atoms with van der Waals surface area (Å²) in [6, 6.07) is 5.52. The van der Waals surface area contributed by atoms with Gasteiger partial charge < -0.3 is 10.1 Å². The Balaban J connectivity index is 2.34. The van der Waals surface area contributed by atoms with Crippen LogP contribution in [0.5, 0.6) is 0 Å². The maximum Gasteiger partial charge on any atom is 0.275 e. The van der Waals surface area contributed by atoms with Crippen LogP contribution in [0.2, 0.25) is 0 Å². The SMILES string of the molecule is COCCCNC(=O)c1nn(C)c2ccc(C)cc2c1=O. The van der Waals surface area contributed by atoms with Crippen LogP contribution in [0.1, 0.15) is 22.5 Å². The van der Waals surface area contributed by atoms with Crippen molar-refractivity contribution >= 4 is 16.8 Å². The Bertz CT molecular complexity index is 722. The quantitative estimate of drug-likeness (QED) is 0.834. The smallest absolute Gasteiger partial charge is 0.275 e. The van der Waals surface area contributed by atoms with Crippen LogP contribution >= 0.6 is 0 Å². The summed E-state index contributed by atoms with van der Waals surface area (Å²) in [7, 11) is 3.32. The summed E-state index contributed by atoms with van der Waals surface area (Å²) in [6.45, 7) is 2.91. The van der Waals surface area contributed by atoms with Gasteiger partial charge in [-0.15, -0.1) is 0 Å². The fourth-order valence-electron chi connectivity index (χ4n) is 2.14. The first kappa shape index (κ1) is 15.2. The lowest BCUT2D eigenvalue weighted by Gasteiger charge is -2.09. The largest absolute Gasteiger partial charge is 0.385 e. The first-order chi connectivity index (χ1) is 10.0. The molecule has 0 saturated carbocycles. The van der Waals surface area contributed by atoms with E-state index in [9.17, 15) is 9.59 Å². The average Bonchev–Trinajstić information content (AvgIpc) is 2.47. The number of hydrogen-bond donors (Lipinski definition) is 1. The van der Waals surface area contributed by atoms with Gasteiger partial charge in [-0.1, -0.05) is 11.6 Å². The molecule has 0 aliphatic rings. The number of carbonyl (C=O) groups is 1. The summed E-state index contributed by atoms with van der Waals surface area (Å²) in [5.41, 5.74) is 1.27. The van der Waals surface area contributed by atoms with Crippen LogP contribution < -0.4 is 10.7 Å². The first-order valence-electron chi connectivity index (χ1n) is 6.79. The molecule has 1 aromatic heterocycles. The predicted molar refractivity (Wildman–Crippen MR) is 80.5 cm³/mol. The Hall–Kier alpha value is -2.21. The van der Waals surface area contributed by atoms with Gasteiger partial charge in [-0.05, 0) is 25.5 Å². The van der Waals surface area contributed by atoms with Crippen molar-refractivity contribution in [1.29, 1.82) is 0 Å². The third-order valence-corrected chi connectivity index (χ3v) is 3.24. The number of methoxy groups -OCH3 is 1. The summed E-state index contributed by atoms with van der Waals surface area (Å²) in [5, 5.41) is 7.29. The average molecular weight is 289 g/mol. The van der Waals surface area contributed by atoms with E-state index < -0.39 is 5.91 Å². The van der Waals surface area contributed by atoms with Gasteiger partial charge in [0.1, 0.15) is 0 Å². The molecular weight excluding hydrogens is 270 g/mol. The van der Waals surface area contributed by atoms with Crippen molar-refractivity contribution in [2.75, 3.05) is 20.3 Å². The highest BCUT2D eigenvalue weighted by molar-refractivity contribution is 5.95. The molecule has 0 unspecified atom stereocenters. The maximum absolute atomic E-state index is 12.4. The monoisotopic (exact) mass is 289 g/mol. The number of fused-ring (bicyclic) bond motifs is 1. The van der Waals surface area contributed by atoms with E-state index in [2.05, 4.69) is 10.4 Å². The topological polar surface area (TPSA) is 73.2 Å². The number of hydrogen-bond acceptors (Lipinski definition) is 4. The second kappa shape index (κ2) is 6.49. The molecule has 0 fully saturated rings. The lowest BCUT2D eigenvalue weighted by molar-refractivity contribution is 0.0940. The molecule has 0 atom stereocenters. The second-order valence-corrected chi connectivity index (χ2v) is 4.92. The van der Waals surface area contributed by atoms with Crippen molar-refractivity contribution in [3.05, 3.63) is 39.7 Å². The zero-order valence-electron chi connectivity index (χ0n) is 12.5. The summed E-state index contributed by atoms with van der Waals surface area (Å²) < 4.78 is 6.47. The van der Waals surface area contributed by atoms with Gasteiger partial charge in [0.2, 0.25) is 5.43 Å². The van der Waals surface area contributed by atoms with Crippen molar-refractivity contribution in [1.82, 2.24) is 15.1 Å². The Morgan fingerprint density at radius 1 is 1.43 bits per heavy atom. The molecule has 0 spiro atoms. The molecule has 112 valence electrons. The van der Waals surface area contributed by atoms with E-state index in [-0.39, 0.29) is 11.1 Å². The molecule has 2 rings (SSSR count). The van der Waals surface area contributed by atoms with Crippen molar-refractivity contribution in [3.63, 3.8) is 0 Å². The van der Waals surface area contributed by atoms with E-state index >= 15 is 0 Å². The molecular formula is C15H19N3O3. The van der Waals surface area contributed by atoms with Gasteiger partial charge in [-0.2, -0.15) is 5.10 Å². The molecule has 0 radical (unpaired) electrons. The molecule has 0 aliphatic heterocycles. The molecule has 1 amide bonds. The lowest BCUT2D eigenvalue weighted by Crippen LogP contribution is -2.32. The predicted octanol–water partition coefficient (Wildman–Crippen LogP) is 1.01. The number of nitrogens with one attached hydrogen (secondary N) is 1. The van der Waals surface area contributed by atoms with Gasteiger partial charge in [0, 0.05) is 27.3 Å². The Morgan fingerprint density at radius 2 is 2.19 bits per heavy atom. The molecule has 6 nitrogen and oxygen atoms in total. The lowest BCUT2D eigenvalue weighted by atomic mass is 10.1. The van der Waals surface area contributed by atoms with Gasteiger partial charge >= 0.3 is 0 Å². The van der Waals surface area contributed by atoms with E-state index in [1.165, 1.54) is 0 Å². The minimum Gasteiger partial charge on any atom is -0.385 e.